The van der Waals surface area contributed by atoms with Crippen molar-refractivity contribution in [2.24, 2.45) is 17.6 Å². The molecule has 0 saturated heterocycles. The van der Waals surface area contributed by atoms with E-state index < -0.39 is 0 Å². The van der Waals surface area contributed by atoms with E-state index in [1.165, 1.54) is 0 Å². The lowest BCUT2D eigenvalue weighted by Crippen LogP contribution is -2.28. The summed E-state index contributed by atoms with van der Waals surface area (Å²) in [6.07, 6.45) is 4.17. The van der Waals surface area contributed by atoms with Gasteiger partial charge in [-0.05, 0) is 31.2 Å². The second kappa shape index (κ2) is 11.2. The van der Waals surface area contributed by atoms with Crippen LogP contribution in [0.15, 0.2) is 12.7 Å². The number of carbonyl (C=O) groups is 1. The summed E-state index contributed by atoms with van der Waals surface area (Å²) in [5.74, 6) is 1.22. The number of amides is 1. The van der Waals surface area contributed by atoms with Crippen LogP contribution in [0, 0.1) is 11.8 Å². The lowest BCUT2D eigenvalue weighted by atomic mass is 9.88. The fraction of sp³-hybridized carbons (Fsp3) is 0.786. The molecule has 0 aromatic heterocycles. The number of nitrogens with two attached hydrogens (primary N) is 1. The van der Waals surface area contributed by atoms with Gasteiger partial charge in [-0.25, -0.2) is 0 Å². The van der Waals surface area contributed by atoms with Gasteiger partial charge in [0, 0.05) is 13.0 Å². The fourth-order valence-electron chi connectivity index (χ4n) is 1.86. The topological polar surface area (TPSA) is 64.3 Å². The molecular weight excluding hydrogens is 228 g/mol. The van der Waals surface area contributed by atoms with Crippen molar-refractivity contribution in [3.63, 3.8) is 0 Å². The molecule has 0 spiro atoms. The highest BCUT2D eigenvalue weighted by molar-refractivity contribution is 5.75. The van der Waals surface area contributed by atoms with Gasteiger partial charge < -0.3 is 15.8 Å². The van der Waals surface area contributed by atoms with Crippen molar-refractivity contribution in [2.75, 3.05) is 26.3 Å². The quantitative estimate of drug-likeness (QED) is 0.437. The summed E-state index contributed by atoms with van der Waals surface area (Å²) in [5.41, 5.74) is 5.58. The predicted octanol–water partition coefficient (Wildman–Crippen LogP) is 1.71. The van der Waals surface area contributed by atoms with E-state index in [0.29, 0.717) is 44.6 Å². The minimum absolute atomic E-state index is 0.0971. The van der Waals surface area contributed by atoms with Gasteiger partial charge in [0.2, 0.25) is 5.91 Å². The normalized spacial score (nSPS) is 12.4. The molecule has 4 heteroatoms. The van der Waals surface area contributed by atoms with Crippen LogP contribution in [0.1, 0.15) is 33.1 Å². The summed E-state index contributed by atoms with van der Waals surface area (Å²) in [6.45, 7) is 10.2. The SMILES string of the molecule is C=CCOCCNC(=O)CCC(CCN)C(C)C. The molecule has 0 aromatic carbocycles. The van der Waals surface area contributed by atoms with Crippen LogP contribution < -0.4 is 11.1 Å². The van der Waals surface area contributed by atoms with Gasteiger partial charge in [-0.1, -0.05) is 19.9 Å². The molecule has 0 aliphatic rings. The smallest absolute Gasteiger partial charge is 0.220 e. The molecule has 0 aliphatic heterocycles. The van der Waals surface area contributed by atoms with Gasteiger partial charge in [0.15, 0.2) is 0 Å². The molecule has 0 aliphatic carbocycles. The maximum absolute atomic E-state index is 11.6. The number of hydrogen-bond donors (Lipinski definition) is 2. The van der Waals surface area contributed by atoms with E-state index in [1.807, 2.05) is 0 Å². The molecule has 0 heterocycles. The van der Waals surface area contributed by atoms with E-state index >= 15 is 0 Å². The summed E-state index contributed by atoms with van der Waals surface area (Å²) in [5, 5.41) is 2.85. The maximum atomic E-state index is 11.6. The molecule has 3 N–H and O–H groups in total. The van der Waals surface area contributed by atoms with E-state index in [4.69, 9.17) is 10.5 Å². The number of carbonyl (C=O) groups excluding carboxylic acids is 1. The first-order valence-corrected chi connectivity index (χ1v) is 6.77. The van der Waals surface area contributed by atoms with Crippen molar-refractivity contribution in [1.82, 2.24) is 5.32 Å². The monoisotopic (exact) mass is 256 g/mol. The molecule has 106 valence electrons. The molecule has 0 bridgehead atoms. The van der Waals surface area contributed by atoms with E-state index in [0.717, 1.165) is 12.8 Å². The Morgan fingerprint density at radius 1 is 1.44 bits per heavy atom. The lowest BCUT2D eigenvalue weighted by molar-refractivity contribution is -0.121. The molecule has 4 nitrogen and oxygen atoms in total. The molecule has 1 unspecified atom stereocenters. The van der Waals surface area contributed by atoms with Crippen LogP contribution in [0.2, 0.25) is 0 Å². The van der Waals surface area contributed by atoms with Gasteiger partial charge in [-0.2, -0.15) is 0 Å². The summed E-state index contributed by atoms with van der Waals surface area (Å²) < 4.78 is 5.19. The average molecular weight is 256 g/mol. The third-order valence-corrected chi connectivity index (χ3v) is 3.03. The van der Waals surface area contributed by atoms with Gasteiger partial charge in [-0.15, -0.1) is 6.58 Å². The molecule has 0 aromatic rings. The fourth-order valence-corrected chi connectivity index (χ4v) is 1.86. The Morgan fingerprint density at radius 2 is 2.17 bits per heavy atom. The van der Waals surface area contributed by atoms with E-state index in [1.54, 1.807) is 6.08 Å². The third-order valence-electron chi connectivity index (χ3n) is 3.03. The molecular formula is C14H28N2O2. The second-order valence-corrected chi connectivity index (χ2v) is 4.83. The lowest BCUT2D eigenvalue weighted by Gasteiger charge is -2.19. The van der Waals surface area contributed by atoms with E-state index in [-0.39, 0.29) is 5.91 Å². The van der Waals surface area contributed by atoms with Gasteiger partial charge >= 0.3 is 0 Å². The Morgan fingerprint density at radius 3 is 2.72 bits per heavy atom. The summed E-state index contributed by atoms with van der Waals surface area (Å²) >= 11 is 0. The molecule has 0 rings (SSSR count). The zero-order valence-electron chi connectivity index (χ0n) is 11.8. The van der Waals surface area contributed by atoms with Crippen molar-refractivity contribution in [2.45, 2.75) is 33.1 Å². The Labute approximate surface area is 111 Å². The first-order chi connectivity index (χ1) is 8.61. The Hall–Kier alpha value is -0.870. The first kappa shape index (κ1) is 17.1. The number of hydrogen-bond acceptors (Lipinski definition) is 3. The molecule has 18 heavy (non-hydrogen) atoms. The third kappa shape index (κ3) is 9.19. The van der Waals surface area contributed by atoms with Gasteiger partial charge in [0.1, 0.15) is 0 Å². The van der Waals surface area contributed by atoms with Crippen molar-refractivity contribution < 1.29 is 9.53 Å². The van der Waals surface area contributed by atoms with Crippen LogP contribution in [0.25, 0.3) is 0 Å². The van der Waals surface area contributed by atoms with E-state index in [9.17, 15) is 4.79 Å². The van der Waals surface area contributed by atoms with Crippen LogP contribution >= 0.6 is 0 Å². The van der Waals surface area contributed by atoms with Gasteiger partial charge in [0.05, 0.1) is 13.2 Å². The Kier molecular flexibility index (Phi) is 10.7. The van der Waals surface area contributed by atoms with Gasteiger partial charge in [0.25, 0.3) is 0 Å². The number of rotatable bonds is 11. The molecule has 0 saturated carbocycles. The van der Waals surface area contributed by atoms with Crippen molar-refractivity contribution in [3.05, 3.63) is 12.7 Å². The molecule has 1 atom stereocenters. The van der Waals surface area contributed by atoms with Crippen molar-refractivity contribution in [1.29, 1.82) is 0 Å². The molecule has 0 radical (unpaired) electrons. The summed E-state index contributed by atoms with van der Waals surface area (Å²) in [4.78, 5) is 11.6. The van der Waals surface area contributed by atoms with Crippen LogP contribution in [-0.2, 0) is 9.53 Å². The molecule has 0 fully saturated rings. The maximum Gasteiger partial charge on any atom is 0.220 e. The Bertz CT molecular complexity index is 230. The van der Waals surface area contributed by atoms with Crippen molar-refractivity contribution >= 4 is 5.91 Å². The zero-order valence-corrected chi connectivity index (χ0v) is 11.8. The van der Waals surface area contributed by atoms with Crippen LogP contribution in [-0.4, -0.2) is 32.2 Å². The standard InChI is InChI=1S/C14H28N2O2/c1-4-10-18-11-9-16-14(17)6-5-13(7-8-15)12(2)3/h4,12-13H,1,5-11,15H2,2-3H3,(H,16,17). The minimum atomic E-state index is 0.0971. The van der Waals surface area contributed by atoms with Crippen LogP contribution in [0.5, 0.6) is 0 Å². The predicted molar refractivity (Wildman–Crippen MR) is 75.3 cm³/mol. The number of nitrogens with one attached hydrogen (secondary N) is 1. The highest BCUT2D eigenvalue weighted by Crippen LogP contribution is 2.20. The molecule has 1 amide bonds. The highest BCUT2D eigenvalue weighted by Gasteiger charge is 2.14. The zero-order chi connectivity index (χ0) is 13.8. The van der Waals surface area contributed by atoms with Gasteiger partial charge in [-0.3, -0.25) is 4.79 Å². The summed E-state index contributed by atoms with van der Waals surface area (Å²) in [7, 11) is 0. The number of ether oxygens (including phenoxy) is 1. The Balaban J connectivity index is 3.64. The second-order valence-electron chi connectivity index (χ2n) is 4.83. The van der Waals surface area contributed by atoms with Crippen molar-refractivity contribution in [3.8, 4) is 0 Å². The largest absolute Gasteiger partial charge is 0.376 e. The first-order valence-electron chi connectivity index (χ1n) is 6.77. The minimum Gasteiger partial charge on any atom is -0.376 e. The van der Waals surface area contributed by atoms with E-state index in [2.05, 4.69) is 25.7 Å². The van der Waals surface area contributed by atoms with Crippen LogP contribution in [0.3, 0.4) is 0 Å². The highest BCUT2D eigenvalue weighted by atomic mass is 16.5. The van der Waals surface area contributed by atoms with Crippen LogP contribution in [0.4, 0.5) is 0 Å². The summed E-state index contributed by atoms with van der Waals surface area (Å²) in [6, 6.07) is 0. The average Bonchev–Trinajstić information content (AvgIpc) is 2.33.